The van der Waals surface area contributed by atoms with Crippen LogP contribution in [0.2, 0.25) is 0 Å². The first-order valence-corrected chi connectivity index (χ1v) is 9.42. The zero-order valence-electron chi connectivity index (χ0n) is 16.6. The molecule has 0 spiro atoms. The highest BCUT2D eigenvalue weighted by molar-refractivity contribution is 5.99. The van der Waals surface area contributed by atoms with E-state index in [1.807, 2.05) is 32.9 Å². The number of phenols is 2. The van der Waals surface area contributed by atoms with Gasteiger partial charge in [-0.1, -0.05) is 50.2 Å². The molecule has 0 aliphatic heterocycles. The summed E-state index contributed by atoms with van der Waals surface area (Å²) >= 11 is 0. The summed E-state index contributed by atoms with van der Waals surface area (Å²) < 4.78 is 5.36. The highest BCUT2D eigenvalue weighted by Crippen LogP contribution is 2.43. The molecule has 1 heterocycles. The molecule has 152 valence electrons. The quantitative estimate of drug-likeness (QED) is 0.469. The number of carbonyl (C=O) groups is 1. The van der Waals surface area contributed by atoms with Gasteiger partial charge in [-0.05, 0) is 35.2 Å². The van der Waals surface area contributed by atoms with E-state index in [9.17, 15) is 20.1 Å². The third-order valence-electron chi connectivity index (χ3n) is 4.73. The van der Waals surface area contributed by atoms with Crippen molar-refractivity contribution in [1.29, 1.82) is 0 Å². The molecule has 0 aliphatic rings. The Labute approximate surface area is 168 Å². The van der Waals surface area contributed by atoms with Crippen LogP contribution < -0.4 is 5.32 Å². The SMILES string of the molecule is CCNCc1ccc(-c2c(C(=O)O)noc2-c2cc(C(C)C)c(O)cc2O)cc1. The van der Waals surface area contributed by atoms with Crippen LogP contribution in [-0.2, 0) is 6.54 Å². The molecule has 7 nitrogen and oxygen atoms in total. The number of aromatic carboxylic acids is 1. The van der Waals surface area contributed by atoms with Crippen LogP contribution in [0.25, 0.3) is 22.5 Å². The Morgan fingerprint density at radius 3 is 2.41 bits per heavy atom. The predicted octanol–water partition coefficient (Wildman–Crippen LogP) is 4.35. The number of nitrogens with one attached hydrogen (secondary N) is 1. The van der Waals surface area contributed by atoms with E-state index in [2.05, 4.69) is 10.5 Å². The van der Waals surface area contributed by atoms with Crippen LogP contribution in [0, 0.1) is 0 Å². The average Bonchev–Trinajstić information content (AvgIpc) is 3.11. The molecule has 4 N–H and O–H groups in total. The number of hydrogen-bond acceptors (Lipinski definition) is 6. The van der Waals surface area contributed by atoms with Gasteiger partial charge in [0, 0.05) is 12.6 Å². The first kappa shape index (κ1) is 20.4. The Hall–Kier alpha value is -3.32. The molecule has 0 radical (unpaired) electrons. The second-order valence-electron chi connectivity index (χ2n) is 7.10. The summed E-state index contributed by atoms with van der Waals surface area (Å²) in [6, 6.07) is 10.2. The normalized spacial score (nSPS) is 11.2. The Bertz CT molecular complexity index is 1020. The molecule has 0 unspecified atom stereocenters. The van der Waals surface area contributed by atoms with E-state index in [-0.39, 0.29) is 40.0 Å². The third kappa shape index (κ3) is 4.09. The molecule has 2 aromatic carbocycles. The van der Waals surface area contributed by atoms with E-state index in [0.717, 1.165) is 12.1 Å². The van der Waals surface area contributed by atoms with Crippen LogP contribution in [0.5, 0.6) is 11.5 Å². The first-order valence-electron chi connectivity index (χ1n) is 9.42. The number of nitrogens with zero attached hydrogens (tertiary/aromatic N) is 1. The van der Waals surface area contributed by atoms with Gasteiger partial charge in [0.15, 0.2) is 11.5 Å². The number of hydrogen-bond donors (Lipinski definition) is 4. The van der Waals surface area contributed by atoms with Crippen LogP contribution in [0.1, 0.15) is 48.3 Å². The first-order chi connectivity index (χ1) is 13.8. The minimum absolute atomic E-state index is 0.00925. The average molecular weight is 396 g/mol. The lowest BCUT2D eigenvalue weighted by Gasteiger charge is -2.12. The summed E-state index contributed by atoms with van der Waals surface area (Å²) in [5.74, 6) is -1.35. The summed E-state index contributed by atoms with van der Waals surface area (Å²) in [6.07, 6.45) is 0. The minimum atomic E-state index is -1.23. The summed E-state index contributed by atoms with van der Waals surface area (Å²) in [5.41, 5.74) is 2.59. The summed E-state index contributed by atoms with van der Waals surface area (Å²) in [7, 11) is 0. The second-order valence-corrected chi connectivity index (χ2v) is 7.10. The summed E-state index contributed by atoms with van der Waals surface area (Å²) in [4.78, 5) is 11.7. The van der Waals surface area contributed by atoms with Crippen molar-refractivity contribution in [3.63, 3.8) is 0 Å². The van der Waals surface area contributed by atoms with Crippen LogP contribution >= 0.6 is 0 Å². The summed E-state index contributed by atoms with van der Waals surface area (Å²) in [6.45, 7) is 7.38. The van der Waals surface area contributed by atoms with E-state index in [1.165, 1.54) is 6.07 Å². The van der Waals surface area contributed by atoms with Crippen LogP contribution in [0.15, 0.2) is 40.9 Å². The fourth-order valence-electron chi connectivity index (χ4n) is 3.18. The molecule has 0 bridgehead atoms. The number of carboxylic acid groups (broad SMARTS) is 1. The molecule has 1 aromatic heterocycles. The van der Waals surface area contributed by atoms with E-state index in [1.54, 1.807) is 18.2 Å². The van der Waals surface area contributed by atoms with Crippen molar-refractivity contribution in [3.05, 3.63) is 53.2 Å². The largest absolute Gasteiger partial charge is 0.508 e. The third-order valence-corrected chi connectivity index (χ3v) is 4.73. The van der Waals surface area contributed by atoms with Gasteiger partial charge in [0.25, 0.3) is 0 Å². The van der Waals surface area contributed by atoms with Gasteiger partial charge in [-0.25, -0.2) is 4.79 Å². The molecule has 0 saturated carbocycles. The molecular weight excluding hydrogens is 372 g/mol. The van der Waals surface area contributed by atoms with Crippen molar-refractivity contribution in [3.8, 4) is 33.9 Å². The molecule has 3 rings (SSSR count). The van der Waals surface area contributed by atoms with Crippen molar-refractivity contribution in [2.24, 2.45) is 0 Å². The molecule has 29 heavy (non-hydrogen) atoms. The molecule has 0 atom stereocenters. The van der Waals surface area contributed by atoms with Gasteiger partial charge >= 0.3 is 5.97 Å². The molecule has 0 aliphatic carbocycles. The second kappa shape index (κ2) is 8.36. The number of benzene rings is 2. The Balaban J connectivity index is 2.16. The van der Waals surface area contributed by atoms with E-state index >= 15 is 0 Å². The van der Waals surface area contributed by atoms with Gasteiger partial charge in [0.1, 0.15) is 11.5 Å². The van der Waals surface area contributed by atoms with Crippen molar-refractivity contribution < 1.29 is 24.6 Å². The van der Waals surface area contributed by atoms with Gasteiger partial charge in [-0.15, -0.1) is 0 Å². The van der Waals surface area contributed by atoms with Crippen LogP contribution in [0.4, 0.5) is 0 Å². The maximum Gasteiger partial charge on any atom is 0.358 e. The zero-order valence-corrected chi connectivity index (χ0v) is 16.6. The smallest absolute Gasteiger partial charge is 0.358 e. The molecule has 0 amide bonds. The van der Waals surface area contributed by atoms with Gasteiger partial charge < -0.3 is 25.2 Å². The van der Waals surface area contributed by atoms with Gasteiger partial charge in [-0.2, -0.15) is 0 Å². The number of rotatable bonds is 7. The van der Waals surface area contributed by atoms with Crippen molar-refractivity contribution in [2.45, 2.75) is 33.2 Å². The lowest BCUT2D eigenvalue weighted by molar-refractivity contribution is 0.0686. The molecule has 3 aromatic rings. The standard InChI is InChI=1S/C22H24N2O5/c1-4-23-11-13-5-7-14(8-6-13)19-20(22(27)28)24-29-21(19)16-9-15(12(2)3)17(25)10-18(16)26/h5-10,12,23,25-26H,4,11H2,1-3H3,(H,27,28). The highest BCUT2D eigenvalue weighted by atomic mass is 16.5. The van der Waals surface area contributed by atoms with Crippen LogP contribution in [0.3, 0.4) is 0 Å². The number of carboxylic acids is 1. The van der Waals surface area contributed by atoms with Crippen LogP contribution in [-0.4, -0.2) is 33.0 Å². The number of aromatic nitrogens is 1. The van der Waals surface area contributed by atoms with E-state index in [0.29, 0.717) is 17.7 Å². The summed E-state index contributed by atoms with van der Waals surface area (Å²) in [5, 5.41) is 37.0. The van der Waals surface area contributed by atoms with Gasteiger partial charge in [0.05, 0.1) is 11.1 Å². The Morgan fingerprint density at radius 2 is 1.83 bits per heavy atom. The maximum absolute atomic E-state index is 11.7. The molecule has 0 fully saturated rings. The monoisotopic (exact) mass is 396 g/mol. The van der Waals surface area contributed by atoms with Crippen molar-refractivity contribution in [2.75, 3.05) is 6.54 Å². The molecule has 0 saturated heterocycles. The highest BCUT2D eigenvalue weighted by Gasteiger charge is 2.26. The zero-order chi connectivity index (χ0) is 21.1. The van der Waals surface area contributed by atoms with Crippen molar-refractivity contribution in [1.82, 2.24) is 10.5 Å². The topological polar surface area (TPSA) is 116 Å². The predicted molar refractivity (Wildman–Crippen MR) is 109 cm³/mol. The molecular formula is C22H24N2O5. The van der Waals surface area contributed by atoms with Gasteiger partial charge in [-0.3, -0.25) is 0 Å². The number of phenolic OH excluding ortho intramolecular Hbond substituents is 2. The minimum Gasteiger partial charge on any atom is -0.508 e. The van der Waals surface area contributed by atoms with Gasteiger partial charge in [0.2, 0.25) is 0 Å². The maximum atomic E-state index is 11.7. The fraction of sp³-hybridized carbons (Fsp3) is 0.273. The molecule has 7 heteroatoms. The van der Waals surface area contributed by atoms with Crippen molar-refractivity contribution >= 4 is 5.97 Å². The Morgan fingerprint density at radius 1 is 1.14 bits per heavy atom. The number of aromatic hydroxyl groups is 2. The van der Waals surface area contributed by atoms with E-state index < -0.39 is 5.97 Å². The lowest BCUT2D eigenvalue weighted by atomic mass is 9.94. The Kier molecular flexibility index (Phi) is 5.89. The fourth-order valence-corrected chi connectivity index (χ4v) is 3.18. The lowest BCUT2D eigenvalue weighted by Crippen LogP contribution is -2.11. The van der Waals surface area contributed by atoms with E-state index in [4.69, 9.17) is 4.52 Å².